The Morgan fingerprint density at radius 1 is 1.45 bits per heavy atom. The molecule has 7 nitrogen and oxygen atoms in total. The van der Waals surface area contributed by atoms with Crippen LogP contribution in [0.25, 0.3) is 0 Å². The standard InChI is InChI=1S/C12H17N3O4S/c1-9-5-14-12(15-6-9)20(17,18)8-11(16)13-7-10-3-2-4-19-10/h5-6,10H,2-4,7-8H2,1H3,(H,13,16)/t10-/m1/s1. The zero-order valence-corrected chi connectivity index (χ0v) is 12.0. The third-order valence-corrected chi connectivity index (χ3v) is 4.32. The highest BCUT2D eigenvalue weighted by Crippen LogP contribution is 2.10. The van der Waals surface area contributed by atoms with Gasteiger partial charge < -0.3 is 10.1 Å². The minimum atomic E-state index is -3.80. The van der Waals surface area contributed by atoms with E-state index in [2.05, 4.69) is 15.3 Å². The van der Waals surface area contributed by atoms with Crippen molar-refractivity contribution in [1.82, 2.24) is 15.3 Å². The highest BCUT2D eigenvalue weighted by Gasteiger charge is 2.23. The van der Waals surface area contributed by atoms with E-state index in [9.17, 15) is 13.2 Å². The zero-order chi connectivity index (χ0) is 14.6. The van der Waals surface area contributed by atoms with Crippen LogP contribution in [0.2, 0.25) is 0 Å². The first kappa shape index (κ1) is 14.9. The van der Waals surface area contributed by atoms with Crippen molar-refractivity contribution in [3.8, 4) is 0 Å². The summed E-state index contributed by atoms with van der Waals surface area (Å²) in [6, 6.07) is 0. The van der Waals surface area contributed by atoms with Crippen LogP contribution < -0.4 is 5.32 Å². The van der Waals surface area contributed by atoms with Crippen LogP contribution in [0.1, 0.15) is 18.4 Å². The fourth-order valence-corrected chi connectivity index (χ4v) is 2.87. The molecule has 1 fully saturated rings. The molecule has 1 aliphatic heterocycles. The second-order valence-electron chi connectivity index (χ2n) is 4.74. The minimum Gasteiger partial charge on any atom is -0.376 e. The molecule has 110 valence electrons. The van der Waals surface area contributed by atoms with E-state index >= 15 is 0 Å². The average molecular weight is 299 g/mol. The first-order valence-corrected chi connectivity index (χ1v) is 8.02. The number of aromatic nitrogens is 2. The Labute approximate surface area is 117 Å². The molecule has 1 saturated heterocycles. The number of nitrogens with zero attached hydrogens (tertiary/aromatic N) is 2. The molecule has 0 bridgehead atoms. The topological polar surface area (TPSA) is 98.2 Å². The van der Waals surface area contributed by atoms with E-state index in [1.54, 1.807) is 6.92 Å². The summed E-state index contributed by atoms with van der Waals surface area (Å²) in [6.07, 6.45) is 4.65. The summed E-state index contributed by atoms with van der Waals surface area (Å²) in [5.41, 5.74) is 0.756. The number of nitrogens with one attached hydrogen (secondary N) is 1. The number of carbonyl (C=O) groups excluding carboxylic acids is 1. The first-order valence-electron chi connectivity index (χ1n) is 6.37. The normalized spacial score (nSPS) is 18.9. The highest BCUT2D eigenvalue weighted by molar-refractivity contribution is 7.91. The van der Waals surface area contributed by atoms with Crippen molar-refractivity contribution < 1.29 is 17.9 Å². The summed E-state index contributed by atoms with van der Waals surface area (Å²) in [5.74, 6) is -1.22. The molecular weight excluding hydrogens is 282 g/mol. The number of hydrogen-bond acceptors (Lipinski definition) is 6. The van der Waals surface area contributed by atoms with Crippen LogP contribution in [0.5, 0.6) is 0 Å². The maximum absolute atomic E-state index is 11.9. The second-order valence-corrected chi connectivity index (χ2v) is 6.62. The van der Waals surface area contributed by atoms with Gasteiger partial charge in [0, 0.05) is 25.5 Å². The van der Waals surface area contributed by atoms with Crippen LogP contribution in [0.4, 0.5) is 0 Å². The minimum absolute atomic E-state index is 0.0164. The molecule has 20 heavy (non-hydrogen) atoms. The predicted octanol–water partition coefficient (Wildman–Crippen LogP) is -0.146. The third-order valence-electron chi connectivity index (χ3n) is 2.91. The molecular formula is C12H17N3O4S. The van der Waals surface area contributed by atoms with Gasteiger partial charge in [0.1, 0.15) is 5.75 Å². The van der Waals surface area contributed by atoms with Crippen LogP contribution in [0.15, 0.2) is 17.6 Å². The van der Waals surface area contributed by atoms with Gasteiger partial charge in [0.25, 0.3) is 0 Å². The molecule has 1 amide bonds. The van der Waals surface area contributed by atoms with Crippen molar-refractivity contribution in [1.29, 1.82) is 0 Å². The second kappa shape index (κ2) is 6.27. The Kier molecular flexibility index (Phi) is 4.66. The summed E-state index contributed by atoms with van der Waals surface area (Å²) in [4.78, 5) is 19.1. The molecule has 1 aromatic rings. The molecule has 0 saturated carbocycles. The quantitative estimate of drug-likeness (QED) is 0.760. The van der Waals surface area contributed by atoms with Crippen LogP contribution in [0.3, 0.4) is 0 Å². The molecule has 0 radical (unpaired) electrons. The van der Waals surface area contributed by atoms with Gasteiger partial charge in [-0.15, -0.1) is 0 Å². The van der Waals surface area contributed by atoms with Gasteiger partial charge in [0.15, 0.2) is 0 Å². The number of amides is 1. The van der Waals surface area contributed by atoms with Crippen LogP contribution in [-0.4, -0.2) is 49.3 Å². The van der Waals surface area contributed by atoms with E-state index in [4.69, 9.17) is 4.74 Å². The van der Waals surface area contributed by atoms with Crippen molar-refractivity contribution in [2.45, 2.75) is 31.0 Å². The Balaban J connectivity index is 1.90. The summed E-state index contributed by atoms with van der Waals surface area (Å²) in [5, 5.41) is 2.24. The lowest BCUT2D eigenvalue weighted by atomic mass is 10.2. The highest BCUT2D eigenvalue weighted by atomic mass is 32.2. The maximum atomic E-state index is 11.9. The molecule has 0 aliphatic carbocycles. The summed E-state index contributed by atoms with van der Waals surface area (Å²) >= 11 is 0. The number of aryl methyl sites for hydroxylation is 1. The van der Waals surface area contributed by atoms with Crippen LogP contribution in [-0.2, 0) is 19.4 Å². The largest absolute Gasteiger partial charge is 0.376 e. The molecule has 1 aliphatic rings. The molecule has 1 atom stereocenters. The monoisotopic (exact) mass is 299 g/mol. The Hall–Kier alpha value is -1.54. The lowest BCUT2D eigenvalue weighted by Gasteiger charge is -2.10. The third kappa shape index (κ3) is 3.97. The maximum Gasteiger partial charge on any atom is 0.247 e. The molecule has 0 aromatic carbocycles. The molecule has 8 heteroatoms. The van der Waals surface area contributed by atoms with E-state index in [0.717, 1.165) is 18.4 Å². The number of ether oxygens (including phenoxy) is 1. The van der Waals surface area contributed by atoms with Gasteiger partial charge in [-0.3, -0.25) is 4.79 Å². The molecule has 2 heterocycles. The van der Waals surface area contributed by atoms with Crippen LogP contribution in [0, 0.1) is 6.92 Å². The van der Waals surface area contributed by atoms with E-state index < -0.39 is 21.5 Å². The Morgan fingerprint density at radius 2 is 2.15 bits per heavy atom. The zero-order valence-electron chi connectivity index (χ0n) is 11.2. The van der Waals surface area contributed by atoms with Gasteiger partial charge in [-0.05, 0) is 25.3 Å². The number of sulfone groups is 1. The molecule has 1 aromatic heterocycles. The number of hydrogen-bond donors (Lipinski definition) is 1. The van der Waals surface area contributed by atoms with E-state index in [0.29, 0.717) is 13.2 Å². The van der Waals surface area contributed by atoms with Crippen molar-refractivity contribution in [3.63, 3.8) is 0 Å². The Morgan fingerprint density at radius 3 is 2.75 bits per heavy atom. The van der Waals surface area contributed by atoms with Gasteiger partial charge in [0.2, 0.25) is 20.9 Å². The fourth-order valence-electron chi connectivity index (χ4n) is 1.86. The summed E-state index contributed by atoms with van der Waals surface area (Å²) < 4.78 is 29.2. The smallest absolute Gasteiger partial charge is 0.247 e. The van der Waals surface area contributed by atoms with Gasteiger partial charge in [-0.2, -0.15) is 0 Å². The van der Waals surface area contributed by atoms with Crippen molar-refractivity contribution in [3.05, 3.63) is 18.0 Å². The van der Waals surface area contributed by atoms with Gasteiger partial charge >= 0.3 is 0 Å². The summed E-state index contributed by atoms with van der Waals surface area (Å²) in [7, 11) is -3.80. The first-order chi connectivity index (χ1) is 9.47. The Bertz CT molecular complexity index is 565. The number of rotatable bonds is 5. The van der Waals surface area contributed by atoms with Crippen LogP contribution >= 0.6 is 0 Å². The van der Waals surface area contributed by atoms with E-state index in [-0.39, 0.29) is 11.3 Å². The van der Waals surface area contributed by atoms with Gasteiger partial charge in [-0.1, -0.05) is 0 Å². The van der Waals surface area contributed by atoms with E-state index in [1.165, 1.54) is 12.4 Å². The van der Waals surface area contributed by atoms with Crippen molar-refractivity contribution >= 4 is 15.7 Å². The lowest BCUT2D eigenvalue weighted by Crippen LogP contribution is -2.36. The predicted molar refractivity (Wildman–Crippen MR) is 70.8 cm³/mol. The fraction of sp³-hybridized carbons (Fsp3) is 0.583. The van der Waals surface area contributed by atoms with Gasteiger partial charge in [0.05, 0.1) is 6.10 Å². The van der Waals surface area contributed by atoms with Crippen molar-refractivity contribution in [2.24, 2.45) is 0 Å². The van der Waals surface area contributed by atoms with E-state index in [1.807, 2.05) is 0 Å². The molecule has 2 rings (SSSR count). The molecule has 0 unspecified atom stereocenters. The summed E-state index contributed by atoms with van der Waals surface area (Å²) in [6.45, 7) is 2.78. The lowest BCUT2D eigenvalue weighted by molar-refractivity contribution is -0.119. The van der Waals surface area contributed by atoms with Crippen molar-refractivity contribution in [2.75, 3.05) is 18.9 Å². The molecule has 0 spiro atoms. The number of carbonyl (C=O) groups is 1. The average Bonchev–Trinajstić information content (AvgIpc) is 2.89. The SMILES string of the molecule is Cc1cnc(S(=O)(=O)CC(=O)NC[C@H]2CCCO2)nc1. The molecule has 1 N–H and O–H groups in total. The van der Waals surface area contributed by atoms with Gasteiger partial charge in [-0.25, -0.2) is 18.4 Å².